The lowest BCUT2D eigenvalue weighted by Gasteiger charge is -2.29. The first-order valence-corrected chi connectivity index (χ1v) is 8.96. The van der Waals surface area contributed by atoms with Crippen molar-refractivity contribution in [2.75, 3.05) is 18.1 Å². The lowest BCUT2D eigenvalue weighted by molar-refractivity contribution is 0.114. The summed E-state index contributed by atoms with van der Waals surface area (Å²) in [6, 6.07) is 8.30. The van der Waals surface area contributed by atoms with E-state index in [9.17, 15) is 5.11 Å². The normalized spacial score (nSPS) is 24.8. The van der Waals surface area contributed by atoms with Crippen LogP contribution in [-0.2, 0) is 0 Å². The van der Waals surface area contributed by atoms with E-state index in [1.807, 2.05) is 12.1 Å². The average Bonchev–Trinajstić information content (AvgIpc) is 2.48. The monoisotopic (exact) mass is 292 g/mol. The van der Waals surface area contributed by atoms with Gasteiger partial charge in [0.1, 0.15) is 5.75 Å². The van der Waals surface area contributed by atoms with Crippen LogP contribution in [0.15, 0.2) is 24.3 Å². The summed E-state index contributed by atoms with van der Waals surface area (Å²) in [5.74, 6) is 4.77. The third kappa shape index (κ3) is 3.50. The Morgan fingerprint density at radius 3 is 2.80 bits per heavy atom. The fourth-order valence-corrected chi connectivity index (χ4v) is 4.66. The third-order valence-corrected chi connectivity index (χ3v) is 5.63. The number of fused-ring (bicyclic) bond motifs is 1. The zero-order valence-electron chi connectivity index (χ0n) is 12.0. The number of aliphatic hydroxyl groups is 1. The first kappa shape index (κ1) is 14.3. The number of thioether (sulfide) groups is 1. The molecule has 20 heavy (non-hydrogen) atoms. The third-order valence-electron chi connectivity index (χ3n) is 4.59. The highest BCUT2D eigenvalue weighted by molar-refractivity contribution is 7.99. The van der Waals surface area contributed by atoms with Crippen molar-refractivity contribution in [3.8, 4) is 5.75 Å². The van der Waals surface area contributed by atoms with Crippen LogP contribution in [0.2, 0.25) is 0 Å². The van der Waals surface area contributed by atoms with Gasteiger partial charge in [-0.1, -0.05) is 18.2 Å². The summed E-state index contributed by atoms with van der Waals surface area (Å²) in [6.07, 6.45) is 5.33. The second-order valence-corrected chi connectivity index (χ2v) is 7.28. The number of para-hydroxylation sites is 1. The van der Waals surface area contributed by atoms with Gasteiger partial charge >= 0.3 is 0 Å². The summed E-state index contributed by atoms with van der Waals surface area (Å²) in [6.45, 7) is 0.786. The Labute approximate surface area is 125 Å². The molecule has 2 unspecified atom stereocenters. The summed E-state index contributed by atoms with van der Waals surface area (Å²) in [5, 5.41) is 10.4. The van der Waals surface area contributed by atoms with Crippen LogP contribution in [0.4, 0.5) is 0 Å². The van der Waals surface area contributed by atoms with Gasteiger partial charge in [-0.2, -0.15) is 11.8 Å². The molecule has 0 radical (unpaired) electrons. The minimum atomic E-state index is -0.153. The smallest absolute Gasteiger partial charge is 0.122 e. The zero-order chi connectivity index (χ0) is 13.8. The van der Waals surface area contributed by atoms with Crippen LogP contribution in [0.5, 0.6) is 5.75 Å². The van der Waals surface area contributed by atoms with Gasteiger partial charge < -0.3 is 9.84 Å². The summed E-state index contributed by atoms with van der Waals surface area (Å²) < 4.78 is 5.70. The Balaban J connectivity index is 1.57. The molecule has 3 heteroatoms. The van der Waals surface area contributed by atoms with Gasteiger partial charge in [0, 0.05) is 0 Å². The molecule has 3 rings (SSSR count). The van der Waals surface area contributed by atoms with Gasteiger partial charge in [-0.15, -0.1) is 0 Å². The first-order chi connectivity index (χ1) is 9.83. The van der Waals surface area contributed by atoms with Gasteiger partial charge in [-0.05, 0) is 67.1 Å². The molecule has 0 bridgehead atoms. The number of rotatable bonds is 4. The lowest BCUT2D eigenvalue weighted by Crippen LogP contribution is -2.22. The highest BCUT2D eigenvalue weighted by Crippen LogP contribution is 2.37. The van der Waals surface area contributed by atoms with Crippen LogP contribution in [-0.4, -0.2) is 29.3 Å². The van der Waals surface area contributed by atoms with Crippen molar-refractivity contribution < 1.29 is 9.84 Å². The molecule has 0 saturated carbocycles. The minimum Gasteiger partial charge on any atom is -0.493 e. The predicted octanol–water partition coefficient (Wildman–Crippen LogP) is 3.84. The molecule has 0 amide bonds. The van der Waals surface area contributed by atoms with E-state index in [0.29, 0.717) is 5.92 Å². The van der Waals surface area contributed by atoms with E-state index in [-0.39, 0.29) is 6.10 Å². The second-order valence-electron chi connectivity index (χ2n) is 6.05. The molecular weight excluding hydrogens is 268 g/mol. The fraction of sp³-hybridized carbons (Fsp3) is 0.647. The van der Waals surface area contributed by atoms with E-state index in [0.717, 1.165) is 37.5 Å². The molecule has 0 aliphatic carbocycles. The number of ether oxygens (including phenoxy) is 1. The molecule has 2 aliphatic heterocycles. The first-order valence-electron chi connectivity index (χ1n) is 7.80. The van der Waals surface area contributed by atoms with Crippen molar-refractivity contribution in [1.82, 2.24) is 0 Å². The highest BCUT2D eigenvalue weighted by atomic mass is 32.2. The van der Waals surface area contributed by atoms with Crippen LogP contribution in [0.25, 0.3) is 0 Å². The van der Waals surface area contributed by atoms with Gasteiger partial charge in [0.2, 0.25) is 0 Å². The van der Waals surface area contributed by atoms with Crippen LogP contribution < -0.4 is 4.74 Å². The zero-order valence-corrected chi connectivity index (χ0v) is 12.8. The van der Waals surface area contributed by atoms with Crippen molar-refractivity contribution >= 4 is 11.8 Å². The fourth-order valence-electron chi connectivity index (χ4n) is 3.45. The molecule has 1 saturated heterocycles. The van der Waals surface area contributed by atoms with Crippen molar-refractivity contribution in [1.29, 1.82) is 0 Å². The highest BCUT2D eigenvalue weighted by Gasteiger charge is 2.25. The maximum Gasteiger partial charge on any atom is 0.122 e. The number of benzene rings is 1. The van der Waals surface area contributed by atoms with Crippen molar-refractivity contribution in [2.24, 2.45) is 5.92 Å². The Morgan fingerprint density at radius 1 is 1.15 bits per heavy atom. The Morgan fingerprint density at radius 2 is 1.95 bits per heavy atom. The summed E-state index contributed by atoms with van der Waals surface area (Å²) in [7, 11) is 0. The molecule has 1 aromatic carbocycles. The Bertz CT molecular complexity index is 429. The molecule has 2 nitrogen and oxygen atoms in total. The molecule has 2 atom stereocenters. The Hall–Kier alpha value is -0.670. The van der Waals surface area contributed by atoms with Crippen molar-refractivity contribution in [3.05, 3.63) is 29.8 Å². The summed E-state index contributed by atoms with van der Waals surface area (Å²) >= 11 is 2.05. The molecule has 0 spiro atoms. The van der Waals surface area contributed by atoms with E-state index in [1.54, 1.807) is 0 Å². The van der Waals surface area contributed by atoms with Gasteiger partial charge in [0.05, 0.1) is 12.7 Å². The molecular formula is C17H24O2S. The summed E-state index contributed by atoms with van der Waals surface area (Å²) in [5.41, 5.74) is 1.29. The molecule has 1 fully saturated rings. The van der Waals surface area contributed by atoms with Crippen LogP contribution >= 0.6 is 11.8 Å². The van der Waals surface area contributed by atoms with Crippen LogP contribution in [0.1, 0.15) is 43.6 Å². The van der Waals surface area contributed by atoms with Gasteiger partial charge in [-0.25, -0.2) is 0 Å². The number of hydrogen-bond acceptors (Lipinski definition) is 3. The quantitative estimate of drug-likeness (QED) is 0.914. The maximum atomic E-state index is 10.4. The second kappa shape index (κ2) is 6.86. The number of aliphatic hydroxyl groups excluding tert-OH is 1. The molecule has 0 aromatic heterocycles. The summed E-state index contributed by atoms with van der Waals surface area (Å²) in [4.78, 5) is 0. The van der Waals surface area contributed by atoms with Crippen LogP contribution in [0, 0.1) is 5.92 Å². The molecule has 2 heterocycles. The Kier molecular flexibility index (Phi) is 4.90. The number of hydrogen-bond donors (Lipinski definition) is 1. The predicted molar refractivity (Wildman–Crippen MR) is 84.6 cm³/mol. The van der Waals surface area contributed by atoms with E-state index in [1.165, 1.54) is 29.9 Å². The molecule has 2 aliphatic rings. The SMILES string of the molecule is OC(CC1CCSCC1)CC1CCOc2ccccc21. The van der Waals surface area contributed by atoms with E-state index < -0.39 is 0 Å². The topological polar surface area (TPSA) is 29.5 Å². The minimum absolute atomic E-state index is 0.153. The van der Waals surface area contributed by atoms with E-state index in [2.05, 4.69) is 23.9 Å². The van der Waals surface area contributed by atoms with E-state index in [4.69, 9.17) is 4.74 Å². The van der Waals surface area contributed by atoms with Crippen molar-refractivity contribution in [3.63, 3.8) is 0 Å². The van der Waals surface area contributed by atoms with Crippen LogP contribution in [0.3, 0.4) is 0 Å². The van der Waals surface area contributed by atoms with Gasteiger partial charge in [-0.3, -0.25) is 0 Å². The standard InChI is InChI=1S/C17H24O2S/c18-15(11-13-6-9-20-10-7-13)12-14-5-8-19-17-4-2-1-3-16(14)17/h1-4,13-15,18H,5-12H2. The van der Waals surface area contributed by atoms with Gasteiger partial charge in [0.25, 0.3) is 0 Å². The average molecular weight is 292 g/mol. The lowest BCUT2D eigenvalue weighted by atomic mass is 9.85. The molecule has 110 valence electrons. The van der Waals surface area contributed by atoms with Gasteiger partial charge in [0.15, 0.2) is 0 Å². The maximum absolute atomic E-state index is 10.4. The van der Waals surface area contributed by atoms with Crippen molar-refractivity contribution in [2.45, 2.75) is 44.1 Å². The largest absolute Gasteiger partial charge is 0.493 e. The molecule has 1 aromatic rings. The molecule has 1 N–H and O–H groups in total. The van der Waals surface area contributed by atoms with E-state index >= 15 is 0 Å².